The van der Waals surface area contributed by atoms with E-state index in [1.807, 2.05) is 0 Å². The highest BCUT2D eigenvalue weighted by molar-refractivity contribution is 5.97. The predicted molar refractivity (Wildman–Crippen MR) is 102 cm³/mol. The van der Waals surface area contributed by atoms with Crippen LogP contribution in [0.25, 0.3) is 0 Å². The van der Waals surface area contributed by atoms with Crippen molar-refractivity contribution in [1.82, 2.24) is 5.43 Å². The summed E-state index contributed by atoms with van der Waals surface area (Å²) in [5.41, 5.74) is 3.86. The Morgan fingerprint density at radius 3 is 2.22 bits per heavy atom. The minimum absolute atomic E-state index is 0.218. The molecule has 8 heteroatoms. The fourth-order valence-electron chi connectivity index (χ4n) is 2.32. The summed E-state index contributed by atoms with van der Waals surface area (Å²) in [5.74, 6) is 0.891. The largest absolute Gasteiger partial charge is 0.496 e. The zero-order valence-electron chi connectivity index (χ0n) is 15.5. The van der Waals surface area contributed by atoms with Gasteiger partial charge in [-0.3, -0.25) is 9.59 Å². The van der Waals surface area contributed by atoms with Crippen molar-refractivity contribution in [1.29, 1.82) is 0 Å². The normalized spacial score (nSPS) is 10.4. The van der Waals surface area contributed by atoms with Crippen LogP contribution in [0.3, 0.4) is 0 Å². The number of hydrazone groups is 1. The molecule has 0 bridgehead atoms. The molecule has 27 heavy (non-hydrogen) atoms. The third-order valence-electron chi connectivity index (χ3n) is 3.56. The fraction of sp³-hybridized carbons (Fsp3) is 0.211. The standard InChI is InChI=1S/C19H21N3O5/c1-12(23)21-14-7-5-6-13(8-14)19(24)22-20-11-16-17(26-3)9-15(25-2)10-18(16)27-4/h5-11H,1-4H3,(H,21,23)(H,22,24). The summed E-state index contributed by atoms with van der Waals surface area (Å²) in [6, 6.07) is 9.89. The molecule has 0 aliphatic rings. The van der Waals surface area contributed by atoms with Gasteiger partial charge in [-0.25, -0.2) is 5.43 Å². The maximum absolute atomic E-state index is 12.3. The Hall–Kier alpha value is -3.55. The van der Waals surface area contributed by atoms with Gasteiger partial charge in [-0.05, 0) is 18.2 Å². The zero-order valence-corrected chi connectivity index (χ0v) is 15.5. The summed E-state index contributed by atoms with van der Waals surface area (Å²) < 4.78 is 15.8. The van der Waals surface area contributed by atoms with Crippen LogP contribution in [0.1, 0.15) is 22.8 Å². The number of hydrogen-bond donors (Lipinski definition) is 2. The first-order valence-electron chi connectivity index (χ1n) is 7.99. The lowest BCUT2D eigenvalue weighted by Crippen LogP contribution is -2.18. The van der Waals surface area contributed by atoms with Crippen LogP contribution in [-0.4, -0.2) is 39.4 Å². The second-order valence-electron chi connectivity index (χ2n) is 5.41. The van der Waals surface area contributed by atoms with Crippen molar-refractivity contribution in [2.75, 3.05) is 26.6 Å². The number of hydrogen-bond acceptors (Lipinski definition) is 6. The molecule has 142 valence electrons. The lowest BCUT2D eigenvalue weighted by molar-refractivity contribution is -0.114. The van der Waals surface area contributed by atoms with Gasteiger partial charge >= 0.3 is 0 Å². The highest BCUT2D eigenvalue weighted by atomic mass is 16.5. The van der Waals surface area contributed by atoms with E-state index >= 15 is 0 Å². The molecule has 2 aromatic carbocycles. The third kappa shape index (κ3) is 5.21. The molecule has 0 aliphatic carbocycles. The van der Waals surface area contributed by atoms with E-state index in [0.29, 0.717) is 34.1 Å². The van der Waals surface area contributed by atoms with Crippen LogP contribution in [-0.2, 0) is 4.79 Å². The SMILES string of the molecule is COc1cc(OC)c(C=NNC(=O)c2cccc(NC(C)=O)c2)c(OC)c1. The molecule has 0 aliphatic heterocycles. The van der Waals surface area contributed by atoms with E-state index < -0.39 is 5.91 Å². The van der Waals surface area contributed by atoms with Crippen molar-refractivity contribution in [2.45, 2.75) is 6.92 Å². The van der Waals surface area contributed by atoms with Gasteiger partial charge in [0.1, 0.15) is 17.2 Å². The van der Waals surface area contributed by atoms with Crippen LogP contribution >= 0.6 is 0 Å². The highest BCUT2D eigenvalue weighted by Gasteiger charge is 2.12. The summed E-state index contributed by atoms with van der Waals surface area (Å²) in [6.07, 6.45) is 1.42. The van der Waals surface area contributed by atoms with Crippen LogP contribution < -0.4 is 25.0 Å². The van der Waals surface area contributed by atoms with E-state index in [1.54, 1.807) is 36.4 Å². The van der Waals surface area contributed by atoms with Gasteiger partial charge < -0.3 is 19.5 Å². The number of amides is 2. The molecule has 0 unspecified atom stereocenters. The third-order valence-corrected chi connectivity index (χ3v) is 3.56. The van der Waals surface area contributed by atoms with E-state index in [2.05, 4.69) is 15.8 Å². The van der Waals surface area contributed by atoms with Crippen LogP contribution in [0.15, 0.2) is 41.5 Å². The fourth-order valence-corrected chi connectivity index (χ4v) is 2.32. The van der Waals surface area contributed by atoms with Crippen LogP contribution in [0.2, 0.25) is 0 Å². The summed E-state index contributed by atoms with van der Waals surface area (Å²) in [7, 11) is 4.56. The minimum Gasteiger partial charge on any atom is -0.496 e. The van der Waals surface area contributed by atoms with Gasteiger partial charge in [-0.1, -0.05) is 6.07 Å². The number of methoxy groups -OCH3 is 3. The number of benzene rings is 2. The van der Waals surface area contributed by atoms with Crippen molar-refractivity contribution in [3.05, 3.63) is 47.5 Å². The second-order valence-corrected chi connectivity index (χ2v) is 5.41. The Bertz CT molecular complexity index is 839. The van der Waals surface area contributed by atoms with Gasteiger partial charge in [0.2, 0.25) is 5.91 Å². The van der Waals surface area contributed by atoms with E-state index in [9.17, 15) is 9.59 Å². The monoisotopic (exact) mass is 371 g/mol. The second kappa shape index (κ2) is 9.23. The maximum atomic E-state index is 12.3. The van der Waals surface area contributed by atoms with Gasteiger partial charge in [0.25, 0.3) is 5.91 Å². The van der Waals surface area contributed by atoms with Crippen molar-refractivity contribution in [3.8, 4) is 17.2 Å². The molecule has 0 saturated heterocycles. The first-order valence-corrected chi connectivity index (χ1v) is 7.99. The van der Waals surface area contributed by atoms with E-state index in [4.69, 9.17) is 14.2 Å². The van der Waals surface area contributed by atoms with Gasteiger partial charge in [0, 0.05) is 30.3 Å². The van der Waals surface area contributed by atoms with Crippen molar-refractivity contribution < 1.29 is 23.8 Å². The predicted octanol–water partition coefficient (Wildman–Crippen LogP) is 2.43. The Balaban J connectivity index is 2.18. The van der Waals surface area contributed by atoms with Gasteiger partial charge in [0.05, 0.1) is 33.1 Å². The average Bonchev–Trinajstić information content (AvgIpc) is 2.67. The summed E-state index contributed by atoms with van der Waals surface area (Å²) >= 11 is 0. The smallest absolute Gasteiger partial charge is 0.271 e. The molecule has 2 amide bonds. The molecular weight excluding hydrogens is 350 g/mol. The van der Waals surface area contributed by atoms with E-state index in [-0.39, 0.29) is 5.91 Å². The Morgan fingerprint density at radius 1 is 1.00 bits per heavy atom. The number of carbonyl (C=O) groups is 2. The maximum Gasteiger partial charge on any atom is 0.271 e. The molecule has 0 fully saturated rings. The van der Waals surface area contributed by atoms with Gasteiger partial charge in [0.15, 0.2) is 0 Å². The summed E-state index contributed by atoms with van der Waals surface area (Å²) in [6.45, 7) is 1.40. The lowest BCUT2D eigenvalue weighted by Gasteiger charge is -2.12. The molecular formula is C19H21N3O5. The Kier molecular flexibility index (Phi) is 6.76. The van der Waals surface area contributed by atoms with Gasteiger partial charge in [-0.15, -0.1) is 0 Å². The molecule has 0 atom stereocenters. The zero-order chi connectivity index (χ0) is 19.8. The molecule has 8 nitrogen and oxygen atoms in total. The topological polar surface area (TPSA) is 98.3 Å². The molecule has 0 saturated carbocycles. The number of anilines is 1. The van der Waals surface area contributed by atoms with Gasteiger partial charge in [-0.2, -0.15) is 5.10 Å². The molecule has 2 N–H and O–H groups in total. The Labute approximate surface area is 157 Å². The number of nitrogens with zero attached hydrogens (tertiary/aromatic N) is 1. The van der Waals surface area contributed by atoms with Crippen molar-refractivity contribution in [2.24, 2.45) is 5.10 Å². The quantitative estimate of drug-likeness (QED) is 0.575. The number of rotatable bonds is 7. The highest BCUT2D eigenvalue weighted by Crippen LogP contribution is 2.32. The molecule has 0 aromatic heterocycles. The number of nitrogens with one attached hydrogen (secondary N) is 2. The average molecular weight is 371 g/mol. The molecule has 0 heterocycles. The lowest BCUT2D eigenvalue weighted by atomic mass is 10.2. The van der Waals surface area contributed by atoms with E-state index in [1.165, 1.54) is 34.5 Å². The number of ether oxygens (including phenoxy) is 3. The first-order chi connectivity index (χ1) is 13.0. The first kappa shape index (κ1) is 19.8. The minimum atomic E-state index is -0.426. The molecule has 0 radical (unpaired) electrons. The number of carbonyl (C=O) groups excluding carboxylic acids is 2. The van der Waals surface area contributed by atoms with Crippen molar-refractivity contribution in [3.63, 3.8) is 0 Å². The van der Waals surface area contributed by atoms with Crippen LogP contribution in [0.5, 0.6) is 17.2 Å². The van der Waals surface area contributed by atoms with E-state index in [0.717, 1.165) is 0 Å². The summed E-state index contributed by atoms with van der Waals surface area (Å²) in [4.78, 5) is 23.4. The molecule has 0 spiro atoms. The van der Waals surface area contributed by atoms with Crippen molar-refractivity contribution >= 4 is 23.7 Å². The molecule has 2 aromatic rings. The van der Waals surface area contributed by atoms with Crippen LogP contribution in [0, 0.1) is 0 Å². The molecule has 2 rings (SSSR count). The Morgan fingerprint density at radius 2 is 1.67 bits per heavy atom. The summed E-state index contributed by atoms with van der Waals surface area (Å²) in [5, 5.41) is 6.59. The van der Waals surface area contributed by atoms with Crippen LogP contribution in [0.4, 0.5) is 5.69 Å².